The summed E-state index contributed by atoms with van der Waals surface area (Å²) in [4.78, 5) is 0. The fourth-order valence-electron chi connectivity index (χ4n) is 2.81. The number of nitrogens with zero attached hydrogens (tertiary/aromatic N) is 4. The van der Waals surface area contributed by atoms with Crippen molar-refractivity contribution in [1.82, 2.24) is 14.9 Å². The molecule has 3 aromatic carbocycles. The van der Waals surface area contributed by atoms with E-state index in [1.807, 2.05) is 66.7 Å². The molecular weight excluding hydrogens is 408 g/mol. The SMILES string of the molecule is Cc1ccccc1CSc1nnc(N/N=C/c2cccc(Oc3ccccc3)c2)n1N. The summed E-state index contributed by atoms with van der Waals surface area (Å²) in [5.74, 6) is 8.74. The molecule has 0 bridgehead atoms. The number of nitrogen functional groups attached to an aromatic ring is 1. The molecule has 0 fully saturated rings. The molecule has 31 heavy (non-hydrogen) atoms. The molecule has 0 saturated carbocycles. The second kappa shape index (κ2) is 9.82. The van der Waals surface area contributed by atoms with Crippen LogP contribution < -0.4 is 16.0 Å². The van der Waals surface area contributed by atoms with Crippen LogP contribution in [-0.2, 0) is 5.75 Å². The Labute approximate surface area is 184 Å². The van der Waals surface area contributed by atoms with Gasteiger partial charge in [-0.15, -0.1) is 10.2 Å². The van der Waals surface area contributed by atoms with Gasteiger partial charge in [0.25, 0.3) is 5.95 Å². The van der Waals surface area contributed by atoms with Crippen LogP contribution in [-0.4, -0.2) is 21.1 Å². The minimum atomic E-state index is 0.361. The predicted octanol–water partition coefficient (Wildman–Crippen LogP) is 4.83. The smallest absolute Gasteiger partial charge is 0.264 e. The molecule has 0 amide bonds. The van der Waals surface area contributed by atoms with Crippen LogP contribution in [0.2, 0.25) is 0 Å². The molecule has 8 heteroatoms. The summed E-state index contributed by atoms with van der Waals surface area (Å²) in [6, 6.07) is 25.5. The summed E-state index contributed by atoms with van der Waals surface area (Å²) in [5, 5.41) is 13.0. The number of nitrogens with one attached hydrogen (secondary N) is 1. The van der Waals surface area contributed by atoms with Crippen LogP contribution in [0.3, 0.4) is 0 Å². The lowest BCUT2D eigenvalue weighted by atomic mass is 10.1. The molecule has 0 saturated heterocycles. The van der Waals surface area contributed by atoms with Crippen LogP contribution in [0.1, 0.15) is 16.7 Å². The van der Waals surface area contributed by atoms with Crippen molar-refractivity contribution >= 4 is 23.9 Å². The predicted molar refractivity (Wildman–Crippen MR) is 125 cm³/mol. The van der Waals surface area contributed by atoms with Crippen LogP contribution in [0, 0.1) is 6.92 Å². The highest BCUT2D eigenvalue weighted by Crippen LogP contribution is 2.23. The number of hydrazone groups is 1. The normalized spacial score (nSPS) is 11.0. The number of rotatable bonds is 8. The topological polar surface area (TPSA) is 90.4 Å². The van der Waals surface area contributed by atoms with Crippen molar-refractivity contribution in [3.05, 3.63) is 95.6 Å². The zero-order chi connectivity index (χ0) is 21.5. The maximum absolute atomic E-state index is 6.11. The van der Waals surface area contributed by atoms with E-state index in [1.54, 1.807) is 6.21 Å². The highest BCUT2D eigenvalue weighted by atomic mass is 32.2. The lowest BCUT2D eigenvalue weighted by Crippen LogP contribution is -2.13. The van der Waals surface area contributed by atoms with Gasteiger partial charge in [0.2, 0.25) is 5.16 Å². The van der Waals surface area contributed by atoms with Gasteiger partial charge in [-0.05, 0) is 47.9 Å². The number of para-hydroxylation sites is 1. The van der Waals surface area contributed by atoms with E-state index >= 15 is 0 Å². The van der Waals surface area contributed by atoms with Gasteiger partial charge in [-0.25, -0.2) is 10.1 Å². The van der Waals surface area contributed by atoms with Gasteiger partial charge < -0.3 is 10.6 Å². The average molecular weight is 431 g/mol. The number of aryl methyl sites for hydroxylation is 1. The van der Waals surface area contributed by atoms with Crippen LogP contribution >= 0.6 is 11.8 Å². The number of ether oxygens (including phenoxy) is 1. The van der Waals surface area contributed by atoms with E-state index < -0.39 is 0 Å². The largest absolute Gasteiger partial charge is 0.457 e. The Kier molecular flexibility index (Phi) is 6.49. The van der Waals surface area contributed by atoms with Gasteiger partial charge in [-0.3, -0.25) is 0 Å². The van der Waals surface area contributed by atoms with E-state index in [0.717, 1.165) is 22.8 Å². The van der Waals surface area contributed by atoms with Gasteiger partial charge in [-0.1, -0.05) is 66.4 Å². The first kappa shape index (κ1) is 20.5. The lowest BCUT2D eigenvalue weighted by molar-refractivity contribution is 0.482. The highest BCUT2D eigenvalue weighted by Gasteiger charge is 2.10. The maximum Gasteiger partial charge on any atom is 0.264 e. The summed E-state index contributed by atoms with van der Waals surface area (Å²) in [6.45, 7) is 2.09. The summed E-state index contributed by atoms with van der Waals surface area (Å²) in [5.41, 5.74) is 6.19. The molecule has 0 aliphatic carbocycles. The summed E-state index contributed by atoms with van der Waals surface area (Å²) >= 11 is 1.52. The molecule has 0 atom stereocenters. The van der Waals surface area contributed by atoms with E-state index in [2.05, 4.69) is 39.8 Å². The molecule has 3 N–H and O–H groups in total. The van der Waals surface area contributed by atoms with E-state index in [0.29, 0.717) is 11.1 Å². The van der Waals surface area contributed by atoms with Crippen LogP contribution in [0.4, 0.5) is 5.95 Å². The van der Waals surface area contributed by atoms with Crippen molar-refractivity contribution in [1.29, 1.82) is 0 Å². The minimum Gasteiger partial charge on any atom is -0.457 e. The molecule has 0 spiro atoms. The van der Waals surface area contributed by atoms with Gasteiger partial charge in [0.05, 0.1) is 6.21 Å². The summed E-state index contributed by atoms with van der Waals surface area (Å²) in [7, 11) is 0. The monoisotopic (exact) mass is 430 g/mol. The van der Waals surface area contributed by atoms with Crippen molar-refractivity contribution in [2.75, 3.05) is 11.3 Å². The summed E-state index contributed by atoms with van der Waals surface area (Å²) < 4.78 is 7.24. The first-order chi connectivity index (χ1) is 15.2. The third-order valence-electron chi connectivity index (χ3n) is 4.50. The van der Waals surface area contributed by atoms with Gasteiger partial charge in [0.15, 0.2) is 0 Å². The van der Waals surface area contributed by atoms with E-state index in [-0.39, 0.29) is 0 Å². The third-order valence-corrected chi connectivity index (χ3v) is 5.49. The number of hydrogen-bond donors (Lipinski definition) is 2. The van der Waals surface area contributed by atoms with Crippen LogP contribution in [0.5, 0.6) is 11.5 Å². The minimum absolute atomic E-state index is 0.361. The van der Waals surface area contributed by atoms with Crippen molar-refractivity contribution in [2.45, 2.75) is 17.8 Å². The molecule has 0 radical (unpaired) electrons. The van der Waals surface area contributed by atoms with Crippen molar-refractivity contribution in [3.8, 4) is 11.5 Å². The van der Waals surface area contributed by atoms with E-state index in [9.17, 15) is 0 Å². The number of aromatic nitrogens is 3. The average Bonchev–Trinajstić information content (AvgIpc) is 3.14. The molecule has 0 aliphatic rings. The van der Waals surface area contributed by atoms with Crippen LogP contribution in [0.25, 0.3) is 0 Å². The van der Waals surface area contributed by atoms with Crippen LogP contribution in [0.15, 0.2) is 89.1 Å². The van der Waals surface area contributed by atoms with Gasteiger partial charge >= 0.3 is 0 Å². The standard InChI is InChI=1S/C23H22N6OS/c1-17-8-5-6-10-19(17)16-31-23-28-27-22(29(23)24)26-25-15-18-9-7-13-21(14-18)30-20-11-3-2-4-12-20/h2-15H,16,24H2,1H3,(H,26,27)/b25-15+. The first-order valence-corrected chi connectivity index (χ1v) is 10.7. The fraction of sp³-hybridized carbons (Fsp3) is 0.0870. The number of thioether (sulfide) groups is 1. The molecule has 0 unspecified atom stereocenters. The quantitative estimate of drug-likeness (QED) is 0.180. The van der Waals surface area contributed by atoms with E-state index in [1.165, 1.54) is 27.6 Å². The highest BCUT2D eigenvalue weighted by molar-refractivity contribution is 7.98. The molecule has 1 heterocycles. The molecule has 1 aromatic heterocycles. The van der Waals surface area contributed by atoms with Crippen molar-refractivity contribution < 1.29 is 4.74 Å². The Morgan fingerprint density at radius 3 is 2.61 bits per heavy atom. The molecule has 0 aliphatic heterocycles. The number of anilines is 1. The van der Waals surface area contributed by atoms with Gasteiger partial charge in [0, 0.05) is 5.75 Å². The van der Waals surface area contributed by atoms with E-state index in [4.69, 9.17) is 10.6 Å². The van der Waals surface area contributed by atoms with Crippen molar-refractivity contribution in [3.63, 3.8) is 0 Å². The van der Waals surface area contributed by atoms with Gasteiger partial charge in [-0.2, -0.15) is 5.10 Å². The number of nitrogens with two attached hydrogens (primary N) is 1. The second-order valence-electron chi connectivity index (χ2n) is 6.75. The summed E-state index contributed by atoms with van der Waals surface area (Å²) in [6.07, 6.45) is 1.67. The number of benzene rings is 3. The zero-order valence-electron chi connectivity index (χ0n) is 17.0. The molecule has 4 rings (SSSR count). The van der Waals surface area contributed by atoms with Gasteiger partial charge in [0.1, 0.15) is 11.5 Å². The third kappa shape index (κ3) is 5.43. The second-order valence-corrected chi connectivity index (χ2v) is 7.69. The Morgan fingerprint density at radius 1 is 1.00 bits per heavy atom. The van der Waals surface area contributed by atoms with Crippen molar-refractivity contribution in [2.24, 2.45) is 5.10 Å². The molecule has 4 aromatic rings. The Bertz CT molecular complexity index is 1180. The molecular formula is C23H22N6OS. The Balaban J connectivity index is 1.36. The Morgan fingerprint density at radius 2 is 1.77 bits per heavy atom. The molecule has 156 valence electrons. The Hall–Kier alpha value is -3.78. The lowest BCUT2D eigenvalue weighted by Gasteiger charge is -2.06. The zero-order valence-corrected chi connectivity index (χ0v) is 17.8. The fourth-order valence-corrected chi connectivity index (χ4v) is 3.75. The first-order valence-electron chi connectivity index (χ1n) is 9.69. The molecule has 7 nitrogen and oxygen atoms in total. The number of hydrogen-bond acceptors (Lipinski definition) is 7. The maximum atomic E-state index is 6.11.